The Hall–Kier alpha value is -6.33. The number of rotatable bonds is 3. The standard InChI is InChI=1S/C41H24N4O/c1-2-6-28(7-3-1)45-36-17-14-27(22-32(36)33-23-43-21-19-37(33)45)25-10-12-26(13-11-25)40-31-16-15-30-29-8-4-5-9-38(29)46-41(30)39(31)34-24-42-20-18-35(34)44-40/h1-24H. The number of hydrogen-bond donors (Lipinski definition) is 0. The molecule has 5 nitrogen and oxygen atoms in total. The van der Waals surface area contributed by atoms with Crippen LogP contribution in [0.4, 0.5) is 0 Å². The first-order valence-electron chi connectivity index (χ1n) is 15.3. The van der Waals surface area contributed by atoms with E-state index in [9.17, 15) is 0 Å². The first-order chi connectivity index (χ1) is 22.8. The van der Waals surface area contributed by atoms with Gasteiger partial charge in [0.05, 0.1) is 22.2 Å². The average molecular weight is 589 g/mol. The van der Waals surface area contributed by atoms with Crippen LogP contribution in [-0.4, -0.2) is 19.5 Å². The fourth-order valence-corrected chi connectivity index (χ4v) is 7.05. The van der Waals surface area contributed by atoms with Gasteiger partial charge in [-0.2, -0.15) is 0 Å². The zero-order valence-corrected chi connectivity index (χ0v) is 24.6. The minimum Gasteiger partial charge on any atom is -0.455 e. The van der Waals surface area contributed by atoms with E-state index in [0.717, 1.165) is 88.1 Å². The summed E-state index contributed by atoms with van der Waals surface area (Å²) in [6.07, 6.45) is 7.52. The maximum atomic E-state index is 6.48. The van der Waals surface area contributed by atoms with E-state index < -0.39 is 0 Å². The number of para-hydroxylation sites is 2. The van der Waals surface area contributed by atoms with Gasteiger partial charge in [0.1, 0.15) is 11.2 Å². The second kappa shape index (κ2) is 9.58. The molecule has 0 N–H and O–H groups in total. The summed E-state index contributed by atoms with van der Waals surface area (Å²) in [7, 11) is 0. The molecule has 5 heterocycles. The van der Waals surface area contributed by atoms with Gasteiger partial charge in [0, 0.05) is 73.7 Å². The van der Waals surface area contributed by atoms with Gasteiger partial charge in [0.25, 0.3) is 0 Å². The van der Waals surface area contributed by atoms with Gasteiger partial charge in [0.15, 0.2) is 0 Å². The van der Waals surface area contributed by atoms with E-state index >= 15 is 0 Å². The largest absolute Gasteiger partial charge is 0.455 e. The van der Waals surface area contributed by atoms with Crippen LogP contribution in [0.15, 0.2) is 151 Å². The van der Waals surface area contributed by atoms with Crippen molar-refractivity contribution in [1.82, 2.24) is 19.5 Å². The fraction of sp³-hybridized carbons (Fsp3) is 0. The van der Waals surface area contributed by atoms with Gasteiger partial charge in [-0.1, -0.05) is 72.8 Å². The predicted molar refractivity (Wildman–Crippen MR) is 187 cm³/mol. The van der Waals surface area contributed by atoms with Crippen LogP contribution < -0.4 is 0 Å². The Bertz CT molecular complexity index is 2790. The smallest absolute Gasteiger partial charge is 0.144 e. The molecule has 214 valence electrons. The lowest BCUT2D eigenvalue weighted by atomic mass is 9.96. The van der Waals surface area contributed by atoms with E-state index in [4.69, 9.17) is 9.40 Å². The summed E-state index contributed by atoms with van der Waals surface area (Å²) in [5, 5.41) is 7.60. The molecule has 5 aromatic heterocycles. The molecule has 0 aliphatic heterocycles. The number of benzene rings is 5. The molecule has 0 saturated carbocycles. The number of nitrogens with zero attached hydrogens (tertiary/aromatic N) is 4. The highest BCUT2D eigenvalue weighted by Gasteiger charge is 2.18. The average Bonchev–Trinajstić information content (AvgIpc) is 3.67. The van der Waals surface area contributed by atoms with Crippen LogP contribution in [0.2, 0.25) is 0 Å². The van der Waals surface area contributed by atoms with Crippen LogP contribution in [0.25, 0.3) is 93.5 Å². The van der Waals surface area contributed by atoms with Crippen LogP contribution in [0.5, 0.6) is 0 Å². The fourth-order valence-electron chi connectivity index (χ4n) is 7.05. The monoisotopic (exact) mass is 588 g/mol. The Morgan fingerprint density at radius 3 is 2.11 bits per heavy atom. The Morgan fingerprint density at radius 2 is 1.22 bits per heavy atom. The SMILES string of the molecule is c1ccc(-n2c3ccncc3c3cc(-c4ccc(-c5nc6ccncc6c6c5ccc5c7ccccc7oc56)cc4)ccc32)cc1. The molecule has 5 heteroatoms. The highest BCUT2D eigenvalue weighted by molar-refractivity contribution is 6.24. The van der Waals surface area contributed by atoms with Crippen molar-refractivity contribution in [2.75, 3.05) is 0 Å². The van der Waals surface area contributed by atoms with Gasteiger partial charge in [-0.25, -0.2) is 4.98 Å². The summed E-state index contributed by atoms with van der Waals surface area (Å²) in [5.74, 6) is 0. The number of hydrogen-bond acceptors (Lipinski definition) is 4. The maximum absolute atomic E-state index is 6.48. The zero-order chi connectivity index (χ0) is 30.2. The summed E-state index contributed by atoms with van der Waals surface area (Å²) < 4.78 is 8.79. The second-order valence-electron chi connectivity index (χ2n) is 11.7. The number of pyridine rings is 3. The minimum atomic E-state index is 0.870. The molecule has 0 spiro atoms. The third-order valence-electron chi connectivity index (χ3n) is 9.17. The van der Waals surface area contributed by atoms with Crippen LogP contribution in [0.3, 0.4) is 0 Å². The van der Waals surface area contributed by atoms with Crippen molar-refractivity contribution in [2.45, 2.75) is 0 Å². The topological polar surface area (TPSA) is 56.7 Å². The van der Waals surface area contributed by atoms with Crippen molar-refractivity contribution < 1.29 is 4.42 Å². The van der Waals surface area contributed by atoms with Gasteiger partial charge >= 0.3 is 0 Å². The number of aromatic nitrogens is 4. The number of furan rings is 1. The predicted octanol–water partition coefficient (Wildman–Crippen LogP) is 10.5. The Morgan fingerprint density at radius 1 is 0.500 bits per heavy atom. The zero-order valence-electron chi connectivity index (χ0n) is 24.6. The van der Waals surface area contributed by atoms with E-state index in [2.05, 4.69) is 112 Å². The molecule has 10 aromatic rings. The molecule has 0 unspecified atom stereocenters. The van der Waals surface area contributed by atoms with E-state index in [1.165, 1.54) is 5.39 Å². The van der Waals surface area contributed by atoms with Crippen molar-refractivity contribution in [2.24, 2.45) is 0 Å². The molecule has 0 saturated heterocycles. The Labute approximate surface area is 263 Å². The summed E-state index contributed by atoms with van der Waals surface area (Å²) in [6.45, 7) is 0. The van der Waals surface area contributed by atoms with E-state index in [1.807, 2.05) is 42.9 Å². The van der Waals surface area contributed by atoms with Gasteiger partial charge in [-0.05, 0) is 59.7 Å². The normalized spacial score (nSPS) is 11.9. The van der Waals surface area contributed by atoms with Crippen LogP contribution >= 0.6 is 0 Å². The molecule has 46 heavy (non-hydrogen) atoms. The highest BCUT2D eigenvalue weighted by atomic mass is 16.3. The molecule has 0 fully saturated rings. The first-order valence-corrected chi connectivity index (χ1v) is 15.3. The summed E-state index contributed by atoms with van der Waals surface area (Å²) in [4.78, 5) is 14.1. The lowest BCUT2D eigenvalue weighted by Crippen LogP contribution is -1.93. The summed E-state index contributed by atoms with van der Waals surface area (Å²) in [6, 6.07) is 42.5. The molecule has 0 atom stereocenters. The van der Waals surface area contributed by atoms with Gasteiger partial charge in [-0.3, -0.25) is 9.97 Å². The molecule has 10 rings (SSSR count). The lowest BCUT2D eigenvalue weighted by Gasteiger charge is -2.11. The molecule has 0 bridgehead atoms. The maximum Gasteiger partial charge on any atom is 0.144 e. The Balaban J connectivity index is 1.13. The van der Waals surface area contributed by atoms with Crippen LogP contribution in [0, 0.1) is 0 Å². The van der Waals surface area contributed by atoms with Crippen LogP contribution in [-0.2, 0) is 0 Å². The molecule has 0 amide bonds. The third kappa shape index (κ3) is 3.60. The molecule has 0 aliphatic carbocycles. The van der Waals surface area contributed by atoms with Gasteiger partial charge in [0.2, 0.25) is 0 Å². The summed E-state index contributed by atoms with van der Waals surface area (Å²) in [5.41, 5.74) is 10.4. The van der Waals surface area contributed by atoms with Crippen molar-refractivity contribution in [3.8, 4) is 28.1 Å². The van der Waals surface area contributed by atoms with Gasteiger partial charge in [-0.15, -0.1) is 0 Å². The highest BCUT2D eigenvalue weighted by Crippen LogP contribution is 2.41. The van der Waals surface area contributed by atoms with Crippen molar-refractivity contribution in [3.63, 3.8) is 0 Å². The first kappa shape index (κ1) is 25.0. The Kier molecular flexibility index (Phi) is 5.22. The number of fused-ring (bicyclic) bond motifs is 10. The van der Waals surface area contributed by atoms with E-state index in [0.29, 0.717) is 0 Å². The van der Waals surface area contributed by atoms with Crippen LogP contribution in [0.1, 0.15) is 0 Å². The molecule has 0 aliphatic rings. The second-order valence-corrected chi connectivity index (χ2v) is 11.7. The lowest BCUT2D eigenvalue weighted by molar-refractivity contribution is 0.673. The minimum absolute atomic E-state index is 0.870. The molecular weight excluding hydrogens is 564 g/mol. The van der Waals surface area contributed by atoms with E-state index in [1.54, 1.807) is 6.20 Å². The van der Waals surface area contributed by atoms with Crippen molar-refractivity contribution >= 4 is 65.4 Å². The molecule has 5 aromatic carbocycles. The molecule has 0 radical (unpaired) electrons. The summed E-state index contributed by atoms with van der Waals surface area (Å²) >= 11 is 0. The van der Waals surface area contributed by atoms with Crippen molar-refractivity contribution in [1.29, 1.82) is 0 Å². The molecular formula is C41H24N4O. The third-order valence-corrected chi connectivity index (χ3v) is 9.17. The van der Waals surface area contributed by atoms with E-state index in [-0.39, 0.29) is 0 Å². The quantitative estimate of drug-likeness (QED) is 0.193. The van der Waals surface area contributed by atoms with Crippen molar-refractivity contribution in [3.05, 3.63) is 146 Å². The van der Waals surface area contributed by atoms with Gasteiger partial charge < -0.3 is 8.98 Å².